The molecule has 1 fully saturated rings. The Kier molecular flexibility index (Phi) is 6.73. The molecule has 7 heteroatoms. The molecule has 1 aliphatic heterocycles. The number of methoxy groups -OCH3 is 1. The zero-order chi connectivity index (χ0) is 21.8. The van der Waals surface area contributed by atoms with E-state index < -0.39 is 6.10 Å². The molecule has 0 aliphatic carbocycles. The molecule has 1 aliphatic rings. The SMILES string of the molecule is COc1cc([C@@H](C)O)ccc1OCCCN1CCC(c2noc3cc(F)ccc23)CC1. The fourth-order valence-corrected chi connectivity index (χ4v) is 4.19. The van der Waals surface area contributed by atoms with Crippen LogP contribution in [0.5, 0.6) is 11.5 Å². The Morgan fingerprint density at radius 1 is 1.19 bits per heavy atom. The summed E-state index contributed by atoms with van der Waals surface area (Å²) < 4.78 is 30.0. The van der Waals surface area contributed by atoms with Crippen LogP contribution in [0, 0.1) is 5.82 Å². The average Bonchev–Trinajstić information content (AvgIpc) is 3.20. The molecule has 6 nitrogen and oxygen atoms in total. The van der Waals surface area contributed by atoms with Crippen molar-refractivity contribution in [1.82, 2.24) is 10.1 Å². The second kappa shape index (κ2) is 9.66. The Hall–Kier alpha value is -2.64. The molecule has 1 N–H and O–H groups in total. The molecule has 1 aromatic heterocycles. The number of hydrogen-bond acceptors (Lipinski definition) is 6. The number of ether oxygens (including phenoxy) is 2. The van der Waals surface area contributed by atoms with Crippen LogP contribution in [0.2, 0.25) is 0 Å². The highest BCUT2D eigenvalue weighted by molar-refractivity contribution is 5.79. The number of aromatic nitrogens is 1. The van der Waals surface area contributed by atoms with Crippen molar-refractivity contribution in [2.45, 2.75) is 38.2 Å². The van der Waals surface area contributed by atoms with Gasteiger partial charge in [-0.25, -0.2) is 4.39 Å². The van der Waals surface area contributed by atoms with Crippen molar-refractivity contribution in [3.63, 3.8) is 0 Å². The Bertz CT molecular complexity index is 1010. The van der Waals surface area contributed by atoms with E-state index in [0.29, 0.717) is 29.6 Å². The molecule has 0 amide bonds. The average molecular weight is 429 g/mol. The number of likely N-dealkylation sites (tertiary alicyclic amines) is 1. The quantitative estimate of drug-likeness (QED) is 0.526. The molecule has 3 aromatic rings. The minimum absolute atomic E-state index is 0.302. The number of piperidine rings is 1. The van der Waals surface area contributed by atoms with Gasteiger partial charge >= 0.3 is 0 Å². The molecule has 1 atom stereocenters. The third-order valence-electron chi connectivity index (χ3n) is 5.98. The minimum Gasteiger partial charge on any atom is -0.493 e. The van der Waals surface area contributed by atoms with E-state index in [4.69, 9.17) is 14.0 Å². The first-order valence-electron chi connectivity index (χ1n) is 10.8. The third-order valence-corrected chi connectivity index (χ3v) is 5.98. The maximum atomic E-state index is 13.4. The highest BCUT2D eigenvalue weighted by Crippen LogP contribution is 2.33. The van der Waals surface area contributed by atoms with Crippen LogP contribution < -0.4 is 9.47 Å². The number of fused-ring (bicyclic) bond motifs is 1. The van der Waals surface area contributed by atoms with Crippen molar-refractivity contribution in [2.75, 3.05) is 33.4 Å². The van der Waals surface area contributed by atoms with Crippen LogP contribution in [0.3, 0.4) is 0 Å². The van der Waals surface area contributed by atoms with Gasteiger partial charge in [-0.1, -0.05) is 11.2 Å². The normalized spacial score (nSPS) is 16.5. The van der Waals surface area contributed by atoms with E-state index in [2.05, 4.69) is 10.1 Å². The summed E-state index contributed by atoms with van der Waals surface area (Å²) in [6.45, 7) is 5.28. The molecule has 4 rings (SSSR count). The summed E-state index contributed by atoms with van der Waals surface area (Å²) in [4.78, 5) is 2.44. The van der Waals surface area contributed by atoms with Gasteiger partial charge in [0, 0.05) is 23.9 Å². The van der Waals surface area contributed by atoms with Crippen molar-refractivity contribution >= 4 is 11.0 Å². The summed E-state index contributed by atoms with van der Waals surface area (Å²) in [5.41, 5.74) is 2.27. The Labute approximate surface area is 181 Å². The lowest BCUT2D eigenvalue weighted by molar-refractivity contribution is 0.188. The molecule has 0 saturated carbocycles. The molecule has 0 bridgehead atoms. The Morgan fingerprint density at radius 2 is 2.00 bits per heavy atom. The number of aliphatic hydroxyl groups excluding tert-OH is 1. The summed E-state index contributed by atoms with van der Waals surface area (Å²) in [5.74, 6) is 1.37. The van der Waals surface area contributed by atoms with Gasteiger partial charge in [-0.15, -0.1) is 0 Å². The Morgan fingerprint density at radius 3 is 2.74 bits per heavy atom. The summed E-state index contributed by atoms with van der Waals surface area (Å²) >= 11 is 0. The minimum atomic E-state index is -0.540. The van der Waals surface area contributed by atoms with Crippen LogP contribution in [0.15, 0.2) is 40.9 Å². The van der Waals surface area contributed by atoms with E-state index >= 15 is 0 Å². The fraction of sp³-hybridized carbons (Fsp3) is 0.458. The van der Waals surface area contributed by atoms with Gasteiger partial charge in [0.05, 0.1) is 25.5 Å². The van der Waals surface area contributed by atoms with Crippen LogP contribution in [0.4, 0.5) is 4.39 Å². The van der Waals surface area contributed by atoms with Gasteiger partial charge in [-0.3, -0.25) is 0 Å². The van der Waals surface area contributed by atoms with Crippen LogP contribution >= 0.6 is 0 Å². The van der Waals surface area contributed by atoms with E-state index in [1.807, 2.05) is 18.2 Å². The number of rotatable bonds is 8. The maximum Gasteiger partial charge on any atom is 0.170 e. The number of hydrogen-bond donors (Lipinski definition) is 1. The van der Waals surface area contributed by atoms with Crippen LogP contribution in [0.25, 0.3) is 11.0 Å². The van der Waals surface area contributed by atoms with Gasteiger partial charge < -0.3 is 24.0 Å². The van der Waals surface area contributed by atoms with Gasteiger partial charge in [-0.05, 0) is 69.1 Å². The first-order valence-corrected chi connectivity index (χ1v) is 10.8. The van der Waals surface area contributed by atoms with Crippen molar-refractivity contribution in [1.29, 1.82) is 0 Å². The zero-order valence-corrected chi connectivity index (χ0v) is 18.0. The van der Waals surface area contributed by atoms with E-state index in [1.165, 1.54) is 12.1 Å². The summed E-state index contributed by atoms with van der Waals surface area (Å²) in [7, 11) is 1.60. The van der Waals surface area contributed by atoms with E-state index in [0.717, 1.165) is 55.5 Å². The van der Waals surface area contributed by atoms with Gasteiger partial charge in [0.25, 0.3) is 0 Å². The highest BCUT2D eigenvalue weighted by atomic mass is 19.1. The van der Waals surface area contributed by atoms with Crippen molar-refractivity contribution in [2.24, 2.45) is 0 Å². The molecule has 1 saturated heterocycles. The summed E-state index contributed by atoms with van der Waals surface area (Å²) in [6, 6.07) is 10.1. The summed E-state index contributed by atoms with van der Waals surface area (Å²) in [6.07, 6.45) is 2.39. The van der Waals surface area contributed by atoms with Crippen LogP contribution in [0.1, 0.15) is 49.5 Å². The molecule has 2 heterocycles. The monoisotopic (exact) mass is 428 g/mol. The highest BCUT2D eigenvalue weighted by Gasteiger charge is 2.25. The second-order valence-corrected chi connectivity index (χ2v) is 8.11. The summed E-state index contributed by atoms with van der Waals surface area (Å²) in [5, 5.41) is 14.8. The molecule has 0 spiro atoms. The lowest BCUT2D eigenvalue weighted by Crippen LogP contribution is -2.34. The molecule has 0 unspecified atom stereocenters. The number of halogens is 1. The fourth-order valence-electron chi connectivity index (χ4n) is 4.19. The Balaban J connectivity index is 1.24. The van der Waals surface area contributed by atoms with Crippen molar-refractivity contribution in [3.05, 3.63) is 53.5 Å². The van der Waals surface area contributed by atoms with Crippen molar-refractivity contribution < 1.29 is 23.5 Å². The van der Waals surface area contributed by atoms with E-state index in [9.17, 15) is 9.50 Å². The molecule has 31 heavy (non-hydrogen) atoms. The number of benzene rings is 2. The largest absolute Gasteiger partial charge is 0.493 e. The maximum absolute atomic E-state index is 13.4. The predicted molar refractivity (Wildman–Crippen MR) is 116 cm³/mol. The van der Waals surface area contributed by atoms with E-state index in [-0.39, 0.29) is 5.82 Å². The number of nitrogens with zero attached hydrogens (tertiary/aromatic N) is 2. The van der Waals surface area contributed by atoms with Gasteiger partial charge in [-0.2, -0.15) is 0 Å². The van der Waals surface area contributed by atoms with E-state index in [1.54, 1.807) is 20.1 Å². The molecule has 2 aromatic carbocycles. The van der Waals surface area contributed by atoms with Gasteiger partial charge in [0.2, 0.25) is 0 Å². The van der Waals surface area contributed by atoms with Crippen LogP contribution in [-0.2, 0) is 0 Å². The first kappa shape index (κ1) is 21.6. The van der Waals surface area contributed by atoms with Gasteiger partial charge in [0.15, 0.2) is 17.1 Å². The van der Waals surface area contributed by atoms with Crippen molar-refractivity contribution in [3.8, 4) is 11.5 Å². The smallest absolute Gasteiger partial charge is 0.170 e. The van der Waals surface area contributed by atoms with Gasteiger partial charge in [0.1, 0.15) is 5.82 Å². The lowest BCUT2D eigenvalue weighted by atomic mass is 9.91. The van der Waals surface area contributed by atoms with Crippen LogP contribution in [-0.4, -0.2) is 48.5 Å². The second-order valence-electron chi connectivity index (χ2n) is 8.11. The molecule has 166 valence electrons. The molecule has 0 radical (unpaired) electrons. The predicted octanol–water partition coefficient (Wildman–Crippen LogP) is 4.68. The lowest BCUT2D eigenvalue weighted by Gasteiger charge is -2.31. The molecular formula is C24H29FN2O4. The zero-order valence-electron chi connectivity index (χ0n) is 18.0. The third kappa shape index (κ3) is 4.99. The standard InChI is InChI=1S/C24H29FN2O4/c1-16(28)18-4-7-21(23(14-18)29-2)30-13-3-10-27-11-8-17(9-12-27)24-20-6-5-19(25)15-22(20)31-26-24/h4-7,14-17,28H,3,8-13H2,1-2H3/t16-/m1/s1. The topological polar surface area (TPSA) is 68.0 Å². The first-order chi connectivity index (χ1) is 15.0. The number of aliphatic hydroxyl groups is 1. The molecular weight excluding hydrogens is 399 g/mol.